The van der Waals surface area contributed by atoms with Crippen molar-refractivity contribution in [1.29, 1.82) is 0 Å². The molecule has 0 heterocycles. The molecule has 0 saturated carbocycles. The van der Waals surface area contributed by atoms with Gasteiger partial charge in [-0.25, -0.2) is 12.8 Å². The molecule has 8 heteroatoms. The van der Waals surface area contributed by atoms with E-state index in [1.165, 1.54) is 24.5 Å². The molecule has 0 atom stereocenters. The number of hydrogen-bond acceptors (Lipinski definition) is 4. The Kier molecular flexibility index (Phi) is 7.96. The van der Waals surface area contributed by atoms with Crippen molar-refractivity contribution in [3.05, 3.63) is 58.9 Å². The summed E-state index contributed by atoms with van der Waals surface area (Å²) in [5.74, 6) is -0.135. The van der Waals surface area contributed by atoms with Crippen molar-refractivity contribution in [3.63, 3.8) is 0 Å². The fourth-order valence-electron chi connectivity index (χ4n) is 2.06. The lowest BCUT2D eigenvalue weighted by Crippen LogP contribution is -2.21. The van der Waals surface area contributed by atoms with Gasteiger partial charge in [0.1, 0.15) is 18.2 Å². The Morgan fingerprint density at radius 3 is 2.62 bits per heavy atom. The van der Waals surface area contributed by atoms with E-state index in [-0.39, 0.29) is 24.8 Å². The third-order valence-corrected chi connectivity index (χ3v) is 4.63. The molecule has 2 aromatic carbocycles. The lowest BCUT2D eigenvalue weighted by atomic mass is 10.2. The maximum atomic E-state index is 13.1. The lowest BCUT2D eigenvalue weighted by Gasteiger charge is -2.11. The Morgan fingerprint density at radius 1 is 1.21 bits per heavy atom. The number of sulfone groups is 1. The second kappa shape index (κ2) is 9.22. The summed E-state index contributed by atoms with van der Waals surface area (Å²) in [5.41, 5.74) is 0.693. The molecule has 0 aromatic heterocycles. The van der Waals surface area contributed by atoms with Gasteiger partial charge >= 0.3 is 0 Å². The normalized spacial score (nSPS) is 11.0. The zero-order valence-electron chi connectivity index (χ0n) is 13.0. The predicted octanol–water partition coefficient (Wildman–Crippen LogP) is 3.47. The Morgan fingerprint density at radius 2 is 1.92 bits per heavy atom. The molecule has 2 aromatic rings. The van der Waals surface area contributed by atoms with E-state index in [4.69, 9.17) is 16.3 Å². The molecule has 0 amide bonds. The van der Waals surface area contributed by atoms with Gasteiger partial charge < -0.3 is 10.1 Å². The first-order chi connectivity index (χ1) is 10.9. The number of ether oxygens (including phenoxy) is 1. The van der Waals surface area contributed by atoms with E-state index in [1.54, 1.807) is 24.3 Å². The number of nitrogens with one attached hydrogen (secondary N) is 1. The van der Waals surface area contributed by atoms with Gasteiger partial charge in [0.2, 0.25) is 0 Å². The van der Waals surface area contributed by atoms with Gasteiger partial charge in [0, 0.05) is 25.4 Å². The van der Waals surface area contributed by atoms with Crippen LogP contribution in [0.25, 0.3) is 0 Å². The first-order valence-electron chi connectivity index (χ1n) is 6.94. The average molecular weight is 394 g/mol. The van der Waals surface area contributed by atoms with Crippen molar-refractivity contribution in [3.8, 4) is 5.75 Å². The SMILES string of the molecule is CS(=O)(=O)c1ccccc1CNCCOc1cc(F)ccc1Cl.Cl. The Hall–Kier alpha value is -1.34. The number of benzene rings is 2. The summed E-state index contributed by atoms with van der Waals surface area (Å²) in [6.45, 7) is 1.14. The van der Waals surface area contributed by atoms with Gasteiger partial charge in [0.05, 0.1) is 9.92 Å². The molecule has 1 N–H and O–H groups in total. The maximum Gasteiger partial charge on any atom is 0.175 e. The van der Waals surface area contributed by atoms with Gasteiger partial charge in [0.25, 0.3) is 0 Å². The van der Waals surface area contributed by atoms with E-state index >= 15 is 0 Å². The lowest BCUT2D eigenvalue weighted by molar-refractivity contribution is 0.312. The molecule has 0 fully saturated rings. The van der Waals surface area contributed by atoms with Crippen molar-refractivity contribution in [1.82, 2.24) is 5.32 Å². The van der Waals surface area contributed by atoms with E-state index in [0.717, 1.165) is 0 Å². The van der Waals surface area contributed by atoms with Crippen LogP contribution in [0.15, 0.2) is 47.4 Å². The van der Waals surface area contributed by atoms with Crippen molar-refractivity contribution in [2.24, 2.45) is 0 Å². The highest BCUT2D eigenvalue weighted by Gasteiger charge is 2.11. The molecule has 0 aliphatic heterocycles. The average Bonchev–Trinajstić information content (AvgIpc) is 2.50. The minimum Gasteiger partial charge on any atom is -0.491 e. The molecule has 4 nitrogen and oxygen atoms in total. The fourth-order valence-corrected chi connectivity index (χ4v) is 3.17. The van der Waals surface area contributed by atoms with Gasteiger partial charge in [-0.05, 0) is 23.8 Å². The molecule has 0 spiro atoms. The summed E-state index contributed by atoms with van der Waals surface area (Å²) in [6.07, 6.45) is 1.18. The Labute approximate surface area is 152 Å². The number of halogens is 3. The molecule has 0 radical (unpaired) electrons. The Bertz CT molecular complexity index is 785. The second-order valence-corrected chi connectivity index (χ2v) is 7.37. The van der Waals surface area contributed by atoms with Crippen LogP contribution < -0.4 is 10.1 Å². The summed E-state index contributed by atoms with van der Waals surface area (Å²) in [7, 11) is -3.26. The van der Waals surface area contributed by atoms with Crippen LogP contribution in [-0.4, -0.2) is 27.8 Å². The summed E-state index contributed by atoms with van der Waals surface area (Å²) in [4.78, 5) is 0.307. The van der Waals surface area contributed by atoms with Crippen LogP contribution >= 0.6 is 24.0 Å². The molecule has 2 rings (SSSR count). The maximum absolute atomic E-state index is 13.1. The summed E-state index contributed by atoms with van der Waals surface area (Å²) in [5, 5.41) is 3.43. The molecule has 0 bridgehead atoms. The highest BCUT2D eigenvalue weighted by Crippen LogP contribution is 2.24. The summed E-state index contributed by atoms with van der Waals surface area (Å²) < 4.78 is 41.9. The molecular weight excluding hydrogens is 376 g/mol. The quantitative estimate of drug-likeness (QED) is 0.731. The molecule has 0 unspecified atom stereocenters. The highest BCUT2D eigenvalue weighted by molar-refractivity contribution is 7.90. The van der Waals surface area contributed by atoms with Crippen molar-refractivity contribution in [2.45, 2.75) is 11.4 Å². The monoisotopic (exact) mass is 393 g/mol. The summed E-state index contributed by atoms with van der Waals surface area (Å²) in [6, 6.07) is 10.7. The summed E-state index contributed by atoms with van der Waals surface area (Å²) >= 11 is 5.90. The molecule has 0 aliphatic carbocycles. The van der Waals surface area contributed by atoms with Crippen LogP contribution in [0, 0.1) is 5.82 Å². The van der Waals surface area contributed by atoms with Crippen LogP contribution in [0.2, 0.25) is 5.02 Å². The van der Waals surface area contributed by atoms with Crippen LogP contribution in [0.4, 0.5) is 4.39 Å². The Balaban J connectivity index is 0.00000288. The zero-order chi connectivity index (χ0) is 16.9. The third kappa shape index (κ3) is 5.94. The van der Waals surface area contributed by atoms with Gasteiger partial charge in [-0.2, -0.15) is 0 Å². The zero-order valence-corrected chi connectivity index (χ0v) is 15.3. The van der Waals surface area contributed by atoms with Crippen molar-refractivity contribution < 1.29 is 17.5 Å². The highest BCUT2D eigenvalue weighted by atomic mass is 35.5. The van der Waals surface area contributed by atoms with E-state index in [1.807, 2.05) is 0 Å². The van der Waals surface area contributed by atoms with Crippen molar-refractivity contribution in [2.75, 3.05) is 19.4 Å². The van der Waals surface area contributed by atoms with E-state index in [2.05, 4.69) is 5.32 Å². The van der Waals surface area contributed by atoms with Gasteiger partial charge in [-0.15, -0.1) is 12.4 Å². The van der Waals surface area contributed by atoms with Gasteiger partial charge in [-0.1, -0.05) is 29.8 Å². The van der Waals surface area contributed by atoms with E-state index in [0.29, 0.717) is 28.6 Å². The standard InChI is InChI=1S/C16H17ClFNO3S.ClH/c1-23(20,21)16-5-3-2-4-12(16)11-19-8-9-22-15-10-13(18)6-7-14(15)17;/h2-7,10,19H,8-9,11H2,1H3;1H. The van der Waals surface area contributed by atoms with Crippen LogP contribution in [0.3, 0.4) is 0 Å². The molecule has 0 saturated heterocycles. The van der Waals surface area contributed by atoms with Crippen LogP contribution in [0.5, 0.6) is 5.75 Å². The largest absolute Gasteiger partial charge is 0.491 e. The molecule has 132 valence electrons. The molecule has 24 heavy (non-hydrogen) atoms. The first-order valence-corrected chi connectivity index (χ1v) is 9.21. The second-order valence-electron chi connectivity index (χ2n) is 4.98. The topological polar surface area (TPSA) is 55.4 Å². The molecule has 0 aliphatic rings. The smallest absolute Gasteiger partial charge is 0.175 e. The number of hydrogen-bond donors (Lipinski definition) is 1. The fraction of sp³-hybridized carbons (Fsp3) is 0.250. The van der Waals surface area contributed by atoms with E-state index in [9.17, 15) is 12.8 Å². The predicted molar refractivity (Wildman–Crippen MR) is 95.4 cm³/mol. The minimum atomic E-state index is -3.26. The van der Waals surface area contributed by atoms with Crippen molar-refractivity contribution >= 4 is 33.8 Å². The first kappa shape index (κ1) is 20.7. The number of rotatable bonds is 7. The van der Waals surface area contributed by atoms with Gasteiger partial charge in [0.15, 0.2) is 9.84 Å². The van der Waals surface area contributed by atoms with Crippen LogP contribution in [0.1, 0.15) is 5.56 Å². The molecular formula is C16H18Cl2FNO3S. The van der Waals surface area contributed by atoms with Gasteiger partial charge in [-0.3, -0.25) is 0 Å². The van der Waals surface area contributed by atoms with E-state index < -0.39 is 15.7 Å². The third-order valence-electron chi connectivity index (χ3n) is 3.12. The minimum absolute atomic E-state index is 0. The van der Waals surface area contributed by atoms with Crippen LogP contribution in [-0.2, 0) is 16.4 Å².